The van der Waals surface area contributed by atoms with Gasteiger partial charge < -0.3 is 10.2 Å². The summed E-state index contributed by atoms with van der Waals surface area (Å²) in [4.78, 5) is 20.9. The summed E-state index contributed by atoms with van der Waals surface area (Å²) in [7, 11) is -3.77. The number of carboxylic acid groups (broad SMARTS) is 2. The number of carboxylic acids is 2. The van der Waals surface area contributed by atoms with Gasteiger partial charge in [-0.25, -0.2) is 14.2 Å². The number of rotatable bonds is 47. The fourth-order valence-electron chi connectivity index (χ4n) is 8.61. The van der Waals surface area contributed by atoms with Crippen molar-refractivity contribution >= 4 is 19.8 Å². The van der Waals surface area contributed by atoms with Crippen LogP contribution in [0.3, 0.4) is 0 Å². The van der Waals surface area contributed by atoms with Crippen LogP contribution < -0.4 is 0 Å². The first kappa shape index (κ1) is 63.3. The Kier molecular flexibility index (Phi) is 44.8. The molecule has 0 aliphatic heterocycles. The monoisotopic (exact) mass is 937 g/mol. The van der Waals surface area contributed by atoms with Gasteiger partial charge in [0.25, 0.3) is 0 Å². The lowest BCUT2D eigenvalue weighted by molar-refractivity contribution is 0.0155. The van der Waals surface area contributed by atoms with Gasteiger partial charge in [0.1, 0.15) is 0 Å². The standard InChI is InChI=1S/C48H99O4P.C8H6O4/c1-7-13-19-25-31-37-43-46(40-34-28-22-16-10-4)50-53(49,51-47(41-35-29-23-17-11-5)44-38-32-26-20-14-8-2)52-48(42-36-30-24-18-12-6)45-39-33-27-21-15-9-3;9-7(10)5-3-1-2-4-6(5)8(11)12/h46-48H,7-45H2,1-6H3;1-4H,(H,9,10)(H,11,12). The Morgan fingerprint density at radius 1 is 0.369 bits per heavy atom. The van der Waals surface area contributed by atoms with Crippen LogP contribution in [0.5, 0.6) is 0 Å². The van der Waals surface area contributed by atoms with Gasteiger partial charge in [-0.1, -0.05) is 266 Å². The van der Waals surface area contributed by atoms with Crippen LogP contribution in [0.15, 0.2) is 24.3 Å². The molecule has 0 heterocycles. The van der Waals surface area contributed by atoms with Gasteiger partial charge >= 0.3 is 19.8 Å². The van der Waals surface area contributed by atoms with Crippen molar-refractivity contribution in [3.8, 4) is 0 Å². The Morgan fingerprint density at radius 2 is 0.554 bits per heavy atom. The third-order valence-corrected chi connectivity index (χ3v) is 14.4. The lowest BCUT2D eigenvalue weighted by Gasteiger charge is -2.31. The Hall–Kier alpha value is -1.73. The molecule has 1 aromatic rings. The molecule has 0 aliphatic rings. The summed E-state index contributed by atoms with van der Waals surface area (Å²) >= 11 is 0. The minimum absolute atomic E-state index is 0.0490. The fraction of sp³-hybridized carbons (Fsp3) is 0.857. The molecule has 0 saturated carbocycles. The second kappa shape index (κ2) is 46.0. The SMILES string of the molecule is CCCCCCCCC(CCCCCCC)OP(=O)(OC(CCCCCCC)CCCCCCCC)OC(CCCCCCC)CCCCCCCC.O=C(O)c1ccccc1C(=O)O. The van der Waals surface area contributed by atoms with Gasteiger partial charge in [0.15, 0.2) is 0 Å². The van der Waals surface area contributed by atoms with E-state index in [1.54, 1.807) is 0 Å². The lowest BCUT2D eigenvalue weighted by Crippen LogP contribution is -2.22. The zero-order valence-corrected chi connectivity index (χ0v) is 44.3. The number of carbonyl (C=O) groups is 2. The fourth-order valence-corrected chi connectivity index (χ4v) is 10.5. The van der Waals surface area contributed by atoms with E-state index in [4.69, 9.17) is 23.8 Å². The van der Waals surface area contributed by atoms with E-state index in [2.05, 4.69) is 41.5 Å². The second-order valence-electron chi connectivity index (χ2n) is 19.1. The van der Waals surface area contributed by atoms with Crippen LogP contribution in [0.1, 0.15) is 313 Å². The normalized spacial score (nSPS) is 13.8. The Morgan fingerprint density at radius 3 is 0.738 bits per heavy atom. The van der Waals surface area contributed by atoms with E-state index in [9.17, 15) is 9.59 Å². The molecule has 1 aromatic carbocycles. The number of benzene rings is 1. The van der Waals surface area contributed by atoms with Crippen molar-refractivity contribution in [2.75, 3.05) is 0 Å². The van der Waals surface area contributed by atoms with Crippen molar-refractivity contribution < 1.29 is 37.9 Å². The summed E-state index contributed by atoms with van der Waals surface area (Å²) in [6, 6.07) is 5.48. The highest BCUT2D eigenvalue weighted by Crippen LogP contribution is 2.55. The number of unbranched alkanes of at least 4 members (excludes halogenated alkanes) is 27. The summed E-state index contributed by atoms with van der Waals surface area (Å²) in [6.45, 7) is 13.7. The molecule has 0 aromatic heterocycles. The van der Waals surface area contributed by atoms with Crippen LogP contribution in [0.25, 0.3) is 0 Å². The van der Waals surface area contributed by atoms with Crippen LogP contribution >= 0.6 is 7.82 Å². The predicted molar refractivity (Wildman–Crippen MR) is 277 cm³/mol. The Bertz CT molecular complexity index is 1130. The number of phosphoric ester groups is 1. The first-order valence-electron chi connectivity index (χ1n) is 27.8. The Labute approximate surface area is 401 Å². The summed E-state index contributed by atoms with van der Waals surface area (Å²) in [5.41, 5.74) is -0.380. The number of phosphoric acid groups is 1. The largest absolute Gasteiger partial charge is 0.478 e. The third kappa shape index (κ3) is 37.9. The molecule has 3 unspecified atom stereocenters. The minimum atomic E-state index is -3.77. The van der Waals surface area contributed by atoms with Gasteiger partial charge in [0.05, 0.1) is 29.4 Å². The maximum atomic E-state index is 15.3. The average molecular weight is 937 g/mol. The molecule has 0 amide bonds. The summed E-state index contributed by atoms with van der Waals surface area (Å²) < 4.78 is 35.9. The average Bonchev–Trinajstić information content (AvgIpc) is 3.29. The summed E-state index contributed by atoms with van der Waals surface area (Å²) in [6.07, 6.45) is 47.0. The topological polar surface area (TPSA) is 119 Å². The van der Waals surface area contributed by atoms with E-state index in [1.807, 2.05) is 0 Å². The van der Waals surface area contributed by atoms with E-state index < -0.39 is 19.8 Å². The first-order chi connectivity index (χ1) is 31.6. The van der Waals surface area contributed by atoms with E-state index in [1.165, 1.54) is 198 Å². The minimum Gasteiger partial charge on any atom is -0.478 e. The van der Waals surface area contributed by atoms with E-state index in [0.29, 0.717) is 0 Å². The zero-order valence-electron chi connectivity index (χ0n) is 43.4. The van der Waals surface area contributed by atoms with Crippen LogP contribution in [-0.4, -0.2) is 40.5 Å². The molecule has 0 spiro atoms. The van der Waals surface area contributed by atoms with Gasteiger partial charge in [-0.05, 0) is 50.7 Å². The van der Waals surface area contributed by atoms with Crippen molar-refractivity contribution in [2.24, 2.45) is 0 Å². The molecule has 2 N–H and O–H groups in total. The second-order valence-corrected chi connectivity index (χ2v) is 20.6. The number of hydrogen-bond acceptors (Lipinski definition) is 6. The molecule has 65 heavy (non-hydrogen) atoms. The maximum Gasteiger partial charge on any atom is 0.475 e. The van der Waals surface area contributed by atoms with Gasteiger partial charge in [0, 0.05) is 0 Å². The molecule has 0 saturated heterocycles. The first-order valence-corrected chi connectivity index (χ1v) is 29.3. The van der Waals surface area contributed by atoms with E-state index >= 15 is 4.57 Å². The zero-order chi connectivity index (χ0) is 48.1. The molecular weight excluding hydrogens is 832 g/mol. The van der Waals surface area contributed by atoms with Crippen molar-refractivity contribution in [3.63, 3.8) is 0 Å². The smallest absolute Gasteiger partial charge is 0.475 e. The number of hydrogen-bond donors (Lipinski definition) is 2. The highest BCUT2D eigenvalue weighted by atomic mass is 31.2. The molecular formula is C56H105O8P. The Balaban J connectivity index is 0.00000292. The van der Waals surface area contributed by atoms with Gasteiger partial charge in [0.2, 0.25) is 0 Å². The lowest BCUT2D eigenvalue weighted by atomic mass is 10.0. The van der Waals surface area contributed by atoms with Gasteiger partial charge in [-0.2, -0.15) is 0 Å². The quantitative estimate of drug-likeness (QED) is 0.0490. The molecule has 3 atom stereocenters. The highest BCUT2D eigenvalue weighted by molar-refractivity contribution is 7.48. The van der Waals surface area contributed by atoms with Gasteiger partial charge in [-0.3, -0.25) is 13.6 Å². The molecule has 0 radical (unpaired) electrons. The highest BCUT2D eigenvalue weighted by Gasteiger charge is 2.36. The molecule has 8 nitrogen and oxygen atoms in total. The molecule has 382 valence electrons. The summed E-state index contributed by atoms with van der Waals surface area (Å²) in [5, 5.41) is 17.1. The van der Waals surface area contributed by atoms with Crippen LogP contribution in [0.4, 0.5) is 0 Å². The van der Waals surface area contributed by atoms with Gasteiger partial charge in [-0.15, -0.1) is 0 Å². The molecule has 0 bridgehead atoms. The van der Waals surface area contributed by atoms with Crippen LogP contribution in [0, 0.1) is 0 Å². The van der Waals surface area contributed by atoms with Crippen molar-refractivity contribution in [3.05, 3.63) is 35.4 Å². The van der Waals surface area contributed by atoms with Crippen LogP contribution in [-0.2, 0) is 18.1 Å². The number of aromatic carboxylic acids is 2. The van der Waals surface area contributed by atoms with Crippen molar-refractivity contribution in [1.29, 1.82) is 0 Å². The summed E-state index contributed by atoms with van der Waals surface area (Å²) in [5.74, 6) is -2.46. The molecule has 0 aliphatic carbocycles. The molecule has 9 heteroatoms. The van der Waals surface area contributed by atoms with E-state index in [-0.39, 0.29) is 29.4 Å². The van der Waals surface area contributed by atoms with Crippen molar-refractivity contribution in [2.45, 2.75) is 310 Å². The predicted octanol–water partition coefficient (Wildman–Crippen LogP) is 19.7. The molecule has 1 rings (SSSR count). The third-order valence-electron chi connectivity index (χ3n) is 12.8. The maximum absolute atomic E-state index is 15.3. The molecule has 0 fully saturated rings. The van der Waals surface area contributed by atoms with E-state index in [0.717, 1.165) is 77.0 Å². The van der Waals surface area contributed by atoms with Crippen molar-refractivity contribution in [1.82, 2.24) is 0 Å². The van der Waals surface area contributed by atoms with Crippen LogP contribution in [0.2, 0.25) is 0 Å².